The monoisotopic (exact) mass is 271 g/mol. The van der Waals surface area contributed by atoms with E-state index in [0.717, 1.165) is 11.3 Å². The van der Waals surface area contributed by atoms with Crippen molar-refractivity contribution in [3.8, 4) is 11.5 Å². The molecule has 0 spiro atoms. The van der Waals surface area contributed by atoms with Gasteiger partial charge in [-0.1, -0.05) is 18.2 Å². The first-order valence-electron chi connectivity index (χ1n) is 6.48. The number of phenols is 1. The van der Waals surface area contributed by atoms with Gasteiger partial charge in [-0.3, -0.25) is 4.79 Å². The largest absolute Gasteiger partial charge is 0.508 e. The van der Waals surface area contributed by atoms with Gasteiger partial charge in [0.25, 0.3) is 0 Å². The van der Waals surface area contributed by atoms with E-state index in [0.29, 0.717) is 12.3 Å². The summed E-state index contributed by atoms with van der Waals surface area (Å²) < 4.78 is 5.38. The molecule has 2 N–H and O–H groups in total. The third-order valence-corrected chi connectivity index (χ3v) is 2.70. The molecule has 0 aliphatic rings. The fourth-order valence-electron chi connectivity index (χ4n) is 1.89. The van der Waals surface area contributed by atoms with E-state index in [1.165, 1.54) is 0 Å². The number of anilines is 1. The number of amides is 1. The maximum atomic E-state index is 11.9. The zero-order chi connectivity index (χ0) is 14.4. The molecule has 0 saturated carbocycles. The Balaban J connectivity index is 1.99. The first kappa shape index (κ1) is 13.9. The number of aromatic hydroxyl groups is 1. The Hall–Kier alpha value is -2.49. The molecule has 0 fully saturated rings. The summed E-state index contributed by atoms with van der Waals surface area (Å²) in [4.78, 5) is 11.9. The van der Waals surface area contributed by atoms with Crippen LogP contribution in [0.2, 0.25) is 0 Å². The van der Waals surface area contributed by atoms with E-state index >= 15 is 0 Å². The van der Waals surface area contributed by atoms with Gasteiger partial charge in [-0.25, -0.2) is 0 Å². The Morgan fingerprint density at radius 1 is 1.20 bits per heavy atom. The zero-order valence-electron chi connectivity index (χ0n) is 11.3. The van der Waals surface area contributed by atoms with Crippen LogP contribution >= 0.6 is 0 Å². The van der Waals surface area contributed by atoms with Gasteiger partial charge in [0.05, 0.1) is 13.0 Å². The Kier molecular flexibility index (Phi) is 4.60. The summed E-state index contributed by atoms with van der Waals surface area (Å²) >= 11 is 0. The van der Waals surface area contributed by atoms with Crippen molar-refractivity contribution < 1.29 is 14.6 Å². The molecule has 104 valence electrons. The summed E-state index contributed by atoms with van der Waals surface area (Å²) in [6, 6.07) is 13.9. The molecule has 0 heterocycles. The highest BCUT2D eigenvalue weighted by Gasteiger charge is 2.05. The highest BCUT2D eigenvalue weighted by Crippen LogP contribution is 2.18. The molecule has 1 amide bonds. The van der Waals surface area contributed by atoms with Gasteiger partial charge in [-0.05, 0) is 36.8 Å². The molecule has 2 aromatic rings. The number of nitrogens with one attached hydrogen (secondary N) is 1. The second-order valence-corrected chi connectivity index (χ2v) is 4.36. The Morgan fingerprint density at radius 2 is 2.00 bits per heavy atom. The molecular weight excluding hydrogens is 254 g/mol. The lowest BCUT2D eigenvalue weighted by Crippen LogP contribution is -2.14. The van der Waals surface area contributed by atoms with E-state index in [-0.39, 0.29) is 18.1 Å². The highest BCUT2D eigenvalue weighted by molar-refractivity contribution is 5.92. The van der Waals surface area contributed by atoms with Crippen LogP contribution in [-0.4, -0.2) is 17.6 Å². The van der Waals surface area contributed by atoms with Crippen LogP contribution in [0.3, 0.4) is 0 Å². The standard InChI is InChI=1S/C16H17NO3/c1-2-20-15-8-4-6-13(11-15)17-16(19)10-12-5-3-7-14(18)9-12/h3-9,11,18H,2,10H2,1H3,(H,17,19). The topological polar surface area (TPSA) is 58.6 Å². The lowest BCUT2D eigenvalue weighted by molar-refractivity contribution is -0.115. The number of ether oxygens (including phenoxy) is 1. The molecule has 0 radical (unpaired) electrons. The lowest BCUT2D eigenvalue weighted by atomic mass is 10.1. The van der Waals surface area contributed by atoms with Gasteiger partial charge in [0.1, 0.15) is 11.5 Å². The fourth-order valence-corrected chi connectivity index (χ4v) is 1.89. The quantitative estimate of drug-likeness (QED) is 0.879. The van der Waals surface area contributed by atoms with Crippen LogP contribution in [0.15, 0.2) is 48.5 Å². The van der Waals surface area contributed by atoms with E-state index in [1.807, 2.05) is 25.1 Å². The second-order valence-electron chi connectivity index (χ2n) is 4.36. The van der Waals surface area contributed by atoms with Crippen LogP contribution in [0.25, 0.3) is 0 Å². The summed E-state index contributed by atoms with van der Waals surface area (Å²) in [6.45, 7) is 2.49. The van der Waals surface area contributed by atoms with Crippen molar-refractivity contribution in [1.29, 1.82) is 0 Å². The van der Waals surface area contributed by atoms with E-state index in [2.05, 4.69) is 5.32 Å². The van der Waals surface area contributed by atoms with Crippen molar-refractivity contribution in [2.75, 3.05) is 11.9 Å². The summed E-state index contributed by atoms with van der Waals surface area (Å²) in [5.74, 6) is 0.751. The molecule has 2 aromatic carbocycles. The van der Waals surface area contributed by atoms with E-state index in [1.54, 1.807) is 30.3 Å². The lowest BCUT2D eigenvalue weighted by Gasteiger charge is -2.08. The van der Waals surface area contributed by atoms with Gasteiger partial charge in [0.2, 0.25) is 5.91 Å². The van der Waals surface area contributed by atoms with Crippen molar-refractivity contribution in [3.63, 3.8) is 0 Å². The van der Waals surface area contributed by atoms with Crippen molar-refractivity contribution >= 4 is 11.6 Å². The first-order valence-corrected chi connectivity index (χ1v) is 6.48. The maximum Gasteiger partial charge on any atom is 0.228 e. The van der Waals surface area contributed by atoms with Gasteiger partial charge in [-0.15, -0.1) is 0 Å². The van der Waals surface area contributed by atoms with Crippen molar-refractivity contribution in [2.24, 2.45) is 0 Å². The van der Waals surface area contributed by atoms with Gasteiger partial charge in [0.15, 0.2) is 0 Å². The van der Waals surface area contributed by atoms with E-state index < -0.39 is 0 Å². The Morgan fingerprint density at radius 3 is 2.75 bits per heavy atom. The number of phenolic OH excluding ortho intramolecular Hbond substituents is 1. The van der Waals surface area contributed by atoms with E-state index in [4.69, 9.17) is 4.74 Å². The molecule has 0 bridgehead atoms. The predicted octanol–water partition coefficient (Wildman–Crippen LogP) is 2.97. The number of rotatable bonds is 5. The predicted molar refractivity (Wildman–Crippen MR) is 78.1 cm³/mol. The minimum Gasteiger partial charge on any atom is -0.508 e. The SMILES string of the molecule is CCOc1cccc(NC(=O)Cc2cccc(O)c2)c1. The van der Waals surface area contributed by atoms with Crippen LogP contribution < -0.4 is 10.1 Å². The second kappa shape index (κ2) is 6.61. The summed E-state index contributed by atoms with van der Waals surface area (Å²) in [6.07, 6.45) is 0.216. The number of benzene rings is 2. The molecule has 0 saturated heterocycles. The van der Waals surface area contributed by atoms with Gasteiger partial charge >= 0.3 is 0 Å². The van der Waals surface area contributed by atoms with Crippen molar-refractivity contribution in [2.45, 2.75) is 13.3 Å². The highest BCUT2D eigenvalue weighted by atomic mass is 16.5. The average Bonchev–Trinajstić information content (AvgIpc) is 2.39. The molecule has 0 aliphatic heterocycles. The molecule has 4 nitrogen and oxygen atoms in total. The van der Waals surface area contributed by atoms with Crippen LogP contribution in [0.4, 0.5) is 5.69 Å². The fraction of sp³-hybridized carbons (Fsp3) is 0.188. The first-order chi connectivity index (χ1) is 9.67. The number of hydrogen-bond donors (Lipinski definition) is 2. The van der Waals surface area contributed by atoms with Crippen molar-refractivity contribution in [3.05, 3.63) is 54.1 Å². The Bertz CT molecular complexity index is 596. The third kappa shape index (κ3) is 4.02. The molecular formula is C16H17NO3. The minimum absolute atomic E-state index is 0.135. The van der Waals surface area contributed by atoms with Crippen LogP contribution in [-0.2, 0) is 11.2 Å². The van der Waals surface area contributed by atoms with E-state index in [9.17, 15) is 9.90 Å². The molecule has 0 unspecified atom stereocenters. The van der Waals surface area contributed by atoms with Crippen molar-refractivity contribution in [1.82, 2.24) is 0 Å². The smallest absolute Gasteiger partial charge is 0.228 e. The maximum absolute atomic E-state index is 11.9. The molecule has 2 rings (SSSR count). The van der Waals surface area contributed by atoms with Gasteiger partial charge in [0, 0.05) is 11.8 Å². The summed E-state index contributed by atoms with van der Waals surface area (Å²) in [5.41, 5.74) is 1.46. The van der Waals surface area contributed by atoms with Gasteiger partial charge < -0.3 is 15.2 Å². The normalized spacial score (nSPS) is 10.1. The van der Waals surface area contributed by atoms with Crippen LogP contribution in [0.1, 0.15) is 12.5 Å². The summed E-state index contributed by atoms with van der Waals surface area (Å²) in [5, 5.41) is 12.2. The van der Waals surface area contributed by atoms with Crippen LogP contribution in [0, 0.1) is 0 Å². The third-order valence-electron chi connectivity index (χ3n) is 2.70. The zero-order valence-corrected chi connectivity index (χ0v) is 11.3. The van der Waals surface area contributed by atoms with Crippen LogP contribution in [0.5, 0.6) is 11.5 Å². The Labute approximate surface area is 118 Å². The number of carbonyl (C=O) groups excluding carboxylic acids is 1. The number of hydrogen-bond acceptors (Lipinski definition) is 3. The molecule has 20 heavy (non-hydrogen) atoms. The molecule has 0 atom stereocenters. The van der Waals surface area contributed by atoms with Gasteiger partial charge in [-0.2, -0.15) is 0 Å². The summed E-state index contributed by atoms with van der Waals surface area (Å²) in [7, 11) is 0. The number of carbonyl (C=O) groups is 1. The molecule has 0 aliphatic carbocycles. The average molecular weight is 271 g/mol. The molecule has 0 aromatic heterocycles. The molecule has 4 heteroatoms. The minimum atomic E-state index is -0.135.